The summed E-state index contributed by atoms with van der Waals surface area (Å²) >= 11 is 0. The van der Waals surface area contributed by atoms with Crippen molar-refractivity contribution in [3.05, 3.63) is 99.2 Å². The van der Waals surface area contributed by atoms with Crippen molar-refractivity contribution >= 4 is 27.2 Å². The zero-order valence-electron chi connectivity index (χ0n) is 24.8. The molecule has 2 aromatic heterocycles. The Morgan fingerprint density at radius 2 is 1.80 bits per heavy atom. The number of nitrogens with zero attached hydrogens (tertiary/aromatic N) is 4. The van der Waals surface area contributed by atoms with E-state index in [0.29, 0.717) is 16.8 Å². The van der Waals surface area contributed by atoms with Gasteiger partial charge in [-0.15, -0.1) is 0 Å². The van der Waals surface area contributed by atoms with Gasteiger partial charge in [0.15, 0.2) is 17.1 Å². The fourth-order valence-electron chi connectivity index (χ4n) is 5.06. The minimum Gasteiger partial charge on any atom is -0.485 e. The van der Waals surface area contributed by atoms with Gasteiger partial charge in [0.25, 0.3) is 15.8 Å². The van der Waals surface area contributed by atoms with E-state index in [0.717, 1.165) is 19.7 Å². The zero-order valence-corrected chi connectivity index (χ0v) is 25.6. The first kappa shape index (κ1) is 31.1. The van der Waals surface area contributed by atoms with E-state index >= 15 is 0 Å². The third-order valence-electron chi connectivity index (χ3n) is 7.25. The lowest BCUT2D eigenvalue weighted by Gasteiger charge is -2.32. The minimum atomic E-state index is -3.79. The predicted octanol–water partition coefficient (Wildman–Crippen LogP) is 3.38. The first-order valence-electron chi connectivity index (χ1n) is 14.0. The summed E-state index contributed by atoms with van der Waals surface area (Å²) in [5, 5.41) is 0. The van der Waals surface area contributed by atoms with Gasteiger partial charge in [-0.25, -0.2) is 9.18 Å². The third-order valence-corrected chi connectivity index (χ3v) is 9.11. The standard InChI is InChI=1S/C31H33FN4O7S/c1-5-41-31(38)25-29(42-19-21-9-7-6-8-10-21)26-27-28(22(16-33-26)15-20-11-13-23(32)14-12-20)43-24(18-36(27)30(25)37)17-35(4)44(39,40)34(2)3/h6-14,16,24H,5,15,17-19H2,1-4H3. The molecule has 0 N–H and O–H groups in total. The van der Waals surface area contributed by atoms with E-state index in [9.17, 15) is 22.4 Å². The Balaban J connectivity index is 1.68. The summed E-state index contributed by atoms with van der Waals surface area (Å²) in [6, 6.07) is 15.2. The highest BCUT2D eigenvalue weighted by Crippen LogP contribution is 2.39. The molecule has 3 heterocycles. The molecule has 2 aromatic carbocycles. The number of benzene rings is 2. The number of esters is 1. The first-order valence-corrected chi connectivity index (χ1v) is 15.4. The monoisotopic (exact) mass is 624 g/mol. The molecule has 1 aliphatic heterocycles. The molecule has 0 fully saturated rings. The maximum atomic E-state index is 14.1. The van der Waals surface area contributed by atoms with Crippen molar-refractivity contribution in [3.8, 4) is 11.5 Å². The molecule has 0 bridgehead atoms. The van der Waals surface area contributed by atoms with E-state index in [1.807, 2.05) is 30.3 Å². The number of carbonyl (C=O) groups is 1. The molecule has 5 rings (SSSR count). The summed E-state index contributed by atoms with van der Waals surface area (Å²) in [7, 11) is 0.469. The molecule has 44 heavy (non-hydrogen) atoms. The Hall–Kier alpha value is -4.33. The lowest BCUT2D eigenvalue weighted by Crippen LogP contribution is -2.46. The van der Waals surface area contributed by atoms with Crippen LogP contribution < -0.4 is 15.0 Å². The van der Waals surface area contributed by atoms with E-state index in [2.05, 4.69) is 4.98 Å². The number of ether oxygens (including phenoxy) is 3. The Kier molecular flexibility index (Phi) is 9.00. The lowest BCUT2D eigenvalue weighted by atomic mass is 10.0. The van der Waals surface area contributed by atoms with Crippen LogP contribution in [-0.4, -0.2) is 72.9 Å². The summed E-state index contributed by atoms with van der Waals surface area (Å²) < 4.78 is 60.6. The predicted molar refractivity (Wildman–Crippen MR) is 162 cm³/mol. The van der Waals surface area contributed by atoms with E-state index in [1.165, 1.54) is 37.8 Å². The maximum Gasteiger partial charge on any atom is 0.347 e. The molecule has 0 saturated carbocycles. The lowest BCUT2D eigenvalue weighted by molar-refractivity contribution is 0.0517. The van der Waals surface area contributed by atoms with Crippen LogP contribution in [0.3, 0.4) is 0 Å². The van der Waals surface area contributed by atoms with Gasteiger partial charge in [0.05, 0.1) is 19.7 Å². The van der Waals surface area contributed by atoms with Gasteiger partial charge in [0, 0.05) is 39.3 Å². The van der Waals surface area contributed by atoms with E-state index < -0.39 is 27.8 Å². The highest BCUT2D eigenvalue weighted by atomic mass is 32.2. The molecule has 0 aliphatic carbocycles. The average molecular weight is 625 g/mol. The SMILES string of the molecule is CCOC(=O)c1c(OCc2ccccc2)c2ncc(Cc3ccc(F)cc3)c3c2n(c1=O)CC(CN(C)S(=O)(=O)N(C)C)O3. The summed E-state index contributed by atoms with van der Waals surface area (Å²) in [5.41, 5.74) is 1.69. The molecule has 0 amide bonds. The molecule has 1 atom stereocenters. The largest absolute Gasteiger partial charge is 0.485 e. The van der Waals surface area contributed by atoms with Gasteiger partial charge in [0.1, 0.15) is 29.6 Å². The number of carbonyl (C=O) groups excluding carboxylic acids is 1. The fourth-order valence-corrected chi connectivity index (χ4v) is 5.97. The number of aromatic nitrogens is 2. The average Bonchev–Trinajstić information content (AvgIpc) is 3.00. The van der Waals surface area contributed by atoms with E-state index in [1.54, 1.807) is 25.3 Å². The second kappa shape index (κ2) is 12.7. The fraction of sp³-hybridized carbons (Fsp3) is 0.323. The van der Waals surface area contributed by atoms with Gasteiger partial charge in [-0.1, -0.05) is 42.5 Å². The number of halogens is 1. The Morgan fingerprint density at radius 1 is 1.09 bits per heavy atom. The molecular weight excluding hydrogens is 591 g/mol. The summed E-state index contributed by atoms with van der Waals surface area (Å²) in [6.45, 7) is 1.56. The molecule has 1 aliphatic rings. The molecule has 0 spiro atoms. The molecule has 0 radical (unpaired) electrons. The van der Waals surface area contributed by atoms with E-state index in [4.69, 9.17) is 14.2 Å². The second-order valence-electron chi connectivity index (χ2n) is 10.5. The highest BCUT2D eigenvalue weighted by Gasteiger charge is 2.35. The van der Waals surface area contributed by atoms with Crippen LogP contribution in [0.4, 0.5) is 4.39 Å². The van der Waals surface area contributed by atoms with Gasteiger partial charge in [-0.3, -0.25) is 14.3 Å². The van der Waals surface area contributed by atoms with Gasteiger partial charge >= 0.3 is 5.97 Å². The van der Waals surface area contributed by atoms with Crippen LogP contribution in [0.2, 0.25) is 0 Å². The Labute approximate surface area is 254 Å². The normalized spacial score (nSPS) is 14.6. The van der Waals surface area contributed by atoms with Crippen LogP contribution in [0, 0.1) is 5.82 Å². The Bertz CT molecular complexity index is 1850. The zero-order chi connectivity index (χ0) is 31.6. The molecule has 13 heteroatoms. The summed E-state index contributed by atoms with van der Waals surface area (Å²) in [4.78, 5) is 32.0. The van der Waals surface area contributed by atoms with Crippen molar-refractivity contribution in [2.45, 2.75) is 32.6 Å². The van der Waals surface area contributed by atoms with Crippen LogP contribution in [0.1, 0.15) is 34.0 Å². The van der Waals surface area contributed by atoms with Gasteiger partial charge in [0.2, 0.25) is 0 Å². The molecule has 232 valence electrons. The number of pyridine rings is 2. The Morgan fingerprint density at radius 3 is 2.45 bits per heavy atom. The van der Waals surface area contributed by atoms with Crippen molar-refractivity contribution in [3.63, 3.8) is 0 Å². The summed E-state index contributed by atoms with van der Waals surface area (Å²) in [6.07, 6.45) is 1.04. The number of hydrogen-bond donors (Lipinski definition) is 0. The topological polar surface area (TPSA) is 120 Å². The summed E-state index contributed by atoms with van der Waals surface area (Å²) in [5.74, 6) is -0.982. The van der Waals surface area contributed by atoms with Gasteiger partial charge in [-0.05, 0) is 30.2 Å². The quantitative estimate of drug-likeness (QED) is 0.233. The molecular formula is C31H33FN4O7S. The number of hydrogen-bond acceptors (Lipinski definition) is 8. The van der Waals surface area contributed by atoms with Crippen LogP contribution in [-0.2, 0) is 34.5 Å². The van der Waals surface area contributed by atoms with Gasteiger partial charge in [-0.2, -0.15) is 17.0 Å². The van der Waals surface area contributed by atoms with Gasteiger partial charge < -0.3 is 14.2 Å². The first-order chi connectivity index (χ1) is 21.0. The van der Waals surface area contributed by atoms with Crippen LogP contribution in [0.5, 0.6) is 11.5 Å². The third kappa shape index (κ3) is 6.16. The van der Waals surface area contributed by atoms with Crippen molar-refractivity contribution < 1.29 is 31.8 Å². The van der Waals surface area contributed by atoms with Crippen molar-refractivity contribution in [1.29, 1.82) is 0 Å². The number of likely N-dealkylation sites (N-methyl/N-ethyl adjacent to an activating group) is 1. The highest BCUT2D eigenvalue weighted by molar-refractivity contribution is 7.86. The smallest absolute Gasteiger partial charge is 0.347 e. The molecule has 0 saturated heterocycles. The van der Waals surface area contributed by atoms with Crippen molar-refractivity contribution in [2.24, 2.45) is 0 Å². The van der Waals surface area contributed by atoms with E-state index in [-0.39, 0.29) is 55.4 Å². The minimum absolute atomic E-state index is 0.0304. The van der Waals surface area contributed by atoms with Crippen LogP contribution in [0.15, 0.2) is 65.6 Å². The van der Waals surface area contributed by atoms with Crippen molar-refractivity contribution in [2.75, 3.05) is 34.3 Å². The maximum absolute atomic E-state index is 14.1. The van der Waals surface area contributed by atoms with Crippen LogP contribution >= 0.6 is 0 Å². The molecule has 4 aromatic rings. The number of rotatable bonds is 11. The molecule has 11 nitrogen and oxygen atoms in total. The molecule has 1 unspecified atom stereocenters. The van der Waals surface area contributed by atoms with Crippen LogP contribution in [0.25, 0.3) is 11.0 Å². The second-order valence-corrected chi connectivity index (χ2v) is 12.8. The van der Waals surface area contributed by atoms with Crippen molar-refractivity contribution in [1.82, 2.24) is 18.2 Å².